The average molecular weight is 370 g/mol. The molecule has 1 saturated heterocycles. The quantitative estimate of drug-likeness (QED) is 0.513. The van der Waals surface area contributed by atoms with Gasteiger partial charge in [-0.05, 0) is 45.8 Å². The van der Waals surface area contributed by atoms with Crippen molar-refractivity contribution < 1.29 is 34.7 Å². The number of hydrogen-bond acceptors (Lipinski definition) is 6. The van der Waals surface area contributed by atoms with Gasteiger partial charge in [0, 0.05) is 0 Å². The molecule has 3 aromatic carbocycles. The zero-order chi connectivity index (χ0) is 19.1. The highest BCUT2D eigenvalue weighted by Gasteiger charge is 2.48. The fourth-order valence-electron chi connectivity index (χ4n) is 3.27. The van der Waals surface area contributed by atoms with Gasteiger partial charge < -0.3 is 29.9 Å². The summed E-state index contributed by atoms with van der Waals surface area (Å²) in [6, 6.07) is 17.2. The second-order valence-corrected chi connectivity index (χ2v) is 6.56. The summed E-state index contributed by atoms with van der Waals surface area (Å²) in [7, 11) is 0. The van der Waals surface area contributed by atoms with Crippen molar-refractivity contribution in [3.05, 3.63) is 54.6 Å². The number of carbonyl (C=O) groups is 1. The number of carboxylic acid groups (broad SMARTS) is 1. The van der Waals surface area contributed by atoms with Gasteiger partial charge in [0.1, 0.15) is 24.1 Å². The third-order valence-electron chi connectivity index (χ3n) is 4.74. The van der Waals surface area contributed by atoms with Crippen LogP contribution in [-0.4, -0.2) is 57.1 Å². The maximum absolute atomic E-state index is 11.2. The third kappa shape index (κ3) is 3.22. The highest BCUT2D eigenvalue weighted by molar-refractivity contribution is 5.98. The highest BCUT2D eigenvalue weighted by atomic mass is 16.7. The molecule has 1 aliphatic heterocycles. The van der Waals surface area contributed by atoms with Gasteiger partial charge in [-0.2, -0.15) is 0 Å². The molecule has 0 bridgehead atoms. The van der Waals surface area contributed by atoms with Gasteiger partial charge in [-0.3, -0.25) is 0 Å². The van der Waals surface area contributed by atoms with E-state index in [4.69, 9.17) is 14.6 Å². The van der Waals surface area contributed by atoms with E-state index in [-0.39, 0.29) is 0 Å². The summed E-state index contributed by atoms with van der Waals surface area (Å²) in [6.07, 6.45) is -8.17. The maximum atomic E-state index is 11.2. The van der Waals surface area contributed by atoms with Crippen LogP contribution in [0.1, 0.15) is 0 Å². The number of aliphatic hydroxyl groups excluding tert-OH is 3. The Morgan fingerprint density at radius 1 is 0.815 bits per heavy atom. The number of aliphatic carboxylic acids is 1. The molecule has 4 rings (SSSR count). The minimum Gasteiger partial charge on any atom is -0.479 e. The molecule has 0 saturated carbocycles. The predicted octanol–water partition coefficient (Wildman–Crippen LogP) is 1.26. The normalized spacial score (nSPS) is 28.3. The van der Waals surface area contributed by atoms with Gasteiger partial charge in [0.15, 0.2) is 6.10 Å². The van der Waals surface area contributed by atoms with Crippen LogP contribution in [0.5, 0.6) is 5.75 Å². The Bertz CT molecular complexity index is 1000. The molecule has 0 radical (unpaired) electrons. The Balaban J connectivity index is 1.64. The molecule has 1 heterocycles. The van der Waals surface area contributed by atoms with Crippen LogP contribution in [0, 0.1) is 0 Å². The van der Waals surface area contributed by atoms with Crippen LogP contribution in [0.4, 0.5) is 0 Å². The van der Waals surface area contributed by atoms with Crippen molar-refractivity contribution >= 4 is 27.5 Å². The number of fused-ring (bicyclic) bond motifs is 2. The lowest BCUT2D eigenvalue weighted by molar-refractivity contribution is -0.271. The summed E-state index contributed by atoms with van der Waals surface area (Å²) in [5, 5.41) is 42.8. The van der Waals surface area contributed by atoms with Crippen LogP contribution in [0.2, 0.25) is 0 Å². The van der Waals surface area contributed by atoms with Crippen molar-refractivity contribution in [2.45, 2.75) is 30.7 Å². The zero-order valence-corrected chi connectivity index (χ0v) is 14.1. The van der Waals surface area contributed by atoms with E-state index >= 15 is 0 Å². The van der Waals surface area contributed by atoms with Gasteiger partial charge in [0.2, 0.25) is 6.29 Å². The van der Waals surface area contributed by atoms with E-state index in [9.17, 15) is 20.1 Å². The molecule has 7 nitrogen and oxygen atoms in total. The van der Waals surface area contributed by atoms with Crippen LogP contribution in [-0.2, 0) is 9.53 Å². The Kier molecular flexibility index (Phi) is 4.45. The summed E-state index contributed by atoms with van der Waals surface area (Å²) in [6.45, 7) is 0. The molecule has 3 aromatic rings. The second kappa shape index (κ2) is 6.79. The molecule has 1 aliphatic rings. The molecule has 140 valence electrons. The predicted molar refractivity (Wildman–Crippen MR) is 96.4 cm³/mol. The summed E-state index contributed by atoms with van der Waals surface area (Å²) in [5.41, 5.74) is 0. The van der Waals surface area contributed by atoms with E-state index in [2.05, 4.69) is 0 Å². The van der Waals surface area contributed by atoms with Crippen LogP contribution < -0.4 is 4.74 Å². The van der Waals surface area contributed by atoms with Crippen molar-refractivity contribution in [3.63, 3.8) is 0 Å². The zero-order valence-electron chi connectivity index (χ0n) is 14.1. The average Bonchev–Trinajstić information content (AvgIpc) is 2.66. The highest BCUT2D eigenvalue weighted by Crippen LogP contribution is 2.29. The van der Waals surface area contributed by atoms with Crippen LogP contribution in [0.15, 0.2) is 54.6 Å². The van der Waals surface area contributed by atoms with Gasteiger partial charge in [-0.1, -0.05) is 30.3 Å². The van der Waals surface area contributed by atoms with Crippen molar-refractivity contribution in [1.29, 1.82) is 0 Å². The van der Waals surface area contributed by atoms with Crippen molar-refractivity contribution in [1.82, 2.24) is 0 Å². The first-order chi connectivity index (χ1) is 12.9. The molecular weight excluding hydrogens is 352 g/mol. The third-order valence-corrected chi connectivity index (χ3v) is 4.74. The second-order valence-electron chi connectivity index (χ2n) is 6.56. The summed E-state index contributed by atoms with van der Waals surface area (Å²) in [4.78, 5) is 11.2. The largest absolute Gasteiger partial charge is 0.479 e. The molecule has 4 N–H and O–H groups in total. The van der Waals surface area contributed by atoms with Gasteiger partial charge in [0.25, 0.3) is 0 Å². The Labute approximate surface area is 154 Å². The standard InChI is InChI=1S/C20H18O7/c21-15-16(22)18(19(24)25)27-20(17(15)23)26-14-6-5-12-7-10-3-1-2-4-11(10)8-13(12)9-14/h1-9,15-18,20-23H,(H,24,25). The molecule has 0 aliphatic carbocycles. The fraction of sp³-hybridized carbons (Fsp3) is 0.250. The summed E-state index contributed by atoms with van der Waals surface area (Å²) in [5.74, 6) is -1.11. The van der Waals surface area contributed by atoms with E-state index in [1.807, 2.05) is 42.5 Å². The molecule has 27 heavy (non-hydrogen) atoms. The van der Waals surface area contributed by atoms with Crippen LogP contribution >= 0.6 is 0 Å². The minimum absolute atomic E-state index is 0.342. The number of hydrogen-bond donors (Lipinski definition) is 4. The van der Waals surface area contributed by atoms with Crippen LogP contribution in [0.25, 0.3) is 21.5 Å². The maximum Gasteiger partial charge on any atom is 0.335 e. The van der Waals surface area contributed by atoms with Crippen molar-refractivity contribution in [2.24, 2.45) is 0 Å². The first-order valence-corrected chi connectivity index (χ1v) is 8.46. The minimum atomic E-state index is -1.75. The molecule has 5 unspecified atom stereocenters. The van der Waals surface area contributed by atoms with Crippen LogP contribution in [0.3, 0.4) is 0 Å². The molecule has 1 fully saturated rings. The lowest BCUT2D eigenvalue weighted by atomic mass is 9.99. The first-order valence-electron chi connectivity index (χ1n) is 8.46. The molecular formula is C20H18O7. The SMILES string of the molecule is O=C(O)C1OC(Oc2ccc3cc4ccccc4cc3c2)C(O)C(O)C1O. The van der Waals surface area contributed by atoms with E-state index in [1.54, 1.807) is 12.1 Å². The van der Waals surface area contributed by atoms with E-state index in [0.29, 0.717) is 5.75 Å². The number of benzene rings is 3. The molecule has 0 spiro atoms. The molecule has 5 atom stereocenters. The summed E-state index contributed by atoms with van der Waals surface area (Å²) >= 11 is 0. The van der Waals surface area contributed by atoms with Crippen molar-refractivity contribution in [2.75, 3.05) is 0 Å². The lowest BCUT2D eigenvalue weighted by Crippen LogP contribution is -2.61. The first kappa shape index (κ1) is 17.7. The van der Waals surface area contributed by atoms with E-state index in [0.717, 1.165) is 21.5 Å². The van der Waals surface area contributed by atoms with Gasteiger partial charge in [-0.25, -0.2) is 4.79 Å². The number of rotatable bonds is 3. The Morgan fingerprint density at radius 2 is 1.44 bits per heavy atom. The van der Waals surface area contributed by atoms with Gasteiger partial charge in [-0.15, -0.1) is 0 Å². The monoisotopic (exact) mass is 370 g/mol. The number of ether oxygens (including phenoxy) is 2. The molecule has 7 heteroatoms. The lowest BCUT2D eigenvalue weighted by Gasteiger charge is -2.38. The van der Waals surface area contributed by atoms with Gasteiger partial charge >= 0.3 is 5.97 Å². The number of aliphatic hydroxyl groups is 3. The summed E-state index contributed by atoms with van der Waals surface area (Å²) < 4.78 is 10.7. The molecule has 0 amide bonds. The van der Waals surface area contributed by atoms with Crippen molar-refractivity contribution in [3.8, 4) is 5.75 Å². The molecule has 0 aromatic heterocycles. The van der Waals surface area contributed by atoms with Gasteiger partial charge in [0.05, 0.1) is 0 Å². The Hall–Kier alpha value is -2.71. The Morgan fingerprint density at radius 3 is 2.11 bits per heavy atom. The topological polar surface area (TPSA) is 116 Å². The van der Waals surface area contributed by atoms with E-state index < -0.39 is 36.7 Å². The number of carboxylic acids is 1. The fourth-order valence-corrected chi connectivity index (χ4v) is 3.27. The van der Waals surface area contributed by atoms with E-state index in [1.165, 1.54) is 0 Å². The smallest absolute Gasteiger partial charge is 0.335 e.